The van der Waals surface area contributed by atoms with Gasteiger partial charge in [-0.3, -0.25) is 14.5 Å². The molecule has 0 bridgehead atoms. The molecule has 0 aromatic heterocycles. The molecule has 3 amide bonds. The highest BCUT2D eigenvalue weighted by atomic mass is 19.1. The van der Waals surface area contributed by atoms with Gasteiger partial charge >= 0.3 is 6.09 Å². The van der Waals surface area contributed by atoms with Gasteiger partial charge in [0, 0.05) is 12.2 Å². The zero-order valence-corrected chi connectivity index (χ0v) is 20.2. The van der Waals surface area contributed by atoms with Crippen molar-refractivity contribution in [3.05, 3.63) is 101 Å². The van der Waals surface area contributed by atoms with Gasteiger partial charge in [0.1, 0.15) is 5.82 Å². The van der Waals surface area contributed by atoms with Crippen molar-refractivity contribution in [2.75, 3.05) is 11.9 Å². The summed E-state index contributed by atoms with van der Waals surface area (Å²) in [5, 5.41) is 5.53. The summed E-state index contributed by atoms with van der Waals surface area (Å²) < 4.78 is 19.6. The van der Waals surface area contributed by atoms with Crippen LogP contribution in [0.25, 0.3) is 0 Å². The van der Waals surface area contributed by atoms with Crippen LogP contribution in [0.15, 0.2) is 72.8 Å². The van der Waals surface area contributed by atoms with Crippen LogP contribution in [-0.4, -0.2) is 35.4 Å². The summed E-state index contributed by atoms with van der Waals surface area (Å²) in [6.45, 7) is 4.64. The quantitative estimate of drug-likeness (QED) is 0.468. The molecule has 4 rings (SSSR count). The summed E-state index contributed by atoms with van der Waals surface area (Å²) in [5.74, 6) is -1.48. The fraction of sp³-hybridized carbons (Fsp3) is 0.250. The average Bonchev–Trinajstić information content (AvgIpc) is 3.20. The number of halogens is 1. The van der Waals surface area contributed by atoms with Crippen LogP contribution in [0.2, 0.25) is 0 Å². The third-order valence-electron chi connectivity index (χ3n) is 5.99. The molecule has 1 aliphatic heterocycles. The van der Waals surface area contributed by atoms with Gasteiger partial charge in [0.25, 0.3) is 5.91 Å². The fourth-order valence-electron chi connectivity index (χ4n) is 4.05. The van der Waals surface area contributed by atoms with Crippen molar-refractivity contribution in [3.8, 4) is 0 Å². The largest absolute Gasteiger partial charge is 0.438 e. The number of hydrogen-bond acceptors (Lipinski definition) is 4. The maximum absolute atomic E-state index is 13.9. The molecule has 2 N–H and O–H groups in total. The minimum atomic E-state index is -0.857. The van der Waals surface area contributed by atoms with Gasteiger partial charge in [0.05, 0.1) is 12.1 Å². The molecule has 186 valence electrons. The Morgan fingerprint density at radius 1 is 1.00 bits per heavy atom. The van der Waals surface area contributed by atoms with Crippen molar-refractivity contribution in [1.29, 1.82) is 0 Å². The highest BCUT2D eigenvalue weighted by molar-refractivity contribution is 6.04. The molecule has 0 unspecified atom stereocenters. The van der Waals surface area contributed by atoms with Crippen molar-refractivity contribution in [3.63, 3.8) is 0 Å². The number of rotatable bonds is 8. The van der Waals surface area contributed by atoms with Crippen molar-refractivity contribution in [1.82, 2.24) is 10.2 Å². The van der Waals surface area contributed by atoms with Gasteiger partial charge in [0.15, 0.2) is 12.1 Å². The number of cyclic esters (lactones) is 1. The second-order valence-corrected chi connectivity index (χ2v) is 8.71. The second kappa shape index (κ2) is 11.0. The molecule has 7 nitrogen and oxygen atoms in total. The first-order valence-electron chi connectivity index (χ1n) is 11.8. The standard InChI is InChI=1S/C28H28FN3O4/c1-3-16-30-27(34)24-25(36-28(35)32(24)17-19-10-8-18(2)9-11-19)20-12-14-21(15-13-20)31-26(33)22-6-4-5-7-23(22)29/h4-15,24-25H,3,16-17H2,1-2H3,(H,30,34)(H,31,33)/t24-,25+/m0/s1. The second-order valence-electron chi connectivity index (χ2n) is 8.71. The van der Waals surface area contributed by atoms with E-state index >= 15 is 0 Å². The number of nitrogens with one attached hydrogen (secondary N) is 2. The highest BCUT2D eigenvalue weighted by Gasteiger charge is 2.46. The number of benzene rings is 3. The van der Waals surface area contributed by atoms with Gasteiger partial charge in [-0.25, -0.2) is 9.18 Å². The van der Waals surface area contributed by atoms with Crippen LogP contribution in [0.1, 0.15) is 46.5 Å². The molecule has 3 aromatic carbocycles. The normalized spacial score (nSPS) is 17.0. The molecule has 1 saturated heterocycles. The minimum absolute atomic E-state index is 0.0642. The van der Waals surface area contributed by atoms with Crippen LogP contribution < -0.4 is 10.6 Å². The van der Waals surface area contributed by atoms with E-state index in [2.05, 4.69) is 10.6 Å². The summed E-state index contributed by atoms with van der Waals surface area (Å²) in [6, 6.07) is 19.2. The number of ether oxygens (including phenoxy) is 1. The third-order valence-corrected chi connectivity index (χ3v) is 5.99. The molecule has 0 aliphatic carbocycles. The molecule has 3 aromatic rings. The maximum Gasteiger partial charge on any atom is 0.411 e. The molecule has 0 spiro atoms. The molecule has 2 atom stereocenters. The number of amides is 3. The Morgan fingerprint density at radius 2 is 1.69 bits per heavy atom. The van der Waals surface area contributed by atoms with Gasteiger partial charge in [0.2, 0.25) is 5.91 Å². The SMILES string of the molecule is CCCNC(=O)[C@@H]1[C@@H](c2ccc(NC(=O)c3ccccc3F)cc2)OC(=O)N1Cc1ccc(C)cc1. The van der Waals surface area contributed by atoms with Gasteiger partial charge in [-0.2, -0.15) is 0 Å². The zero-order valence-electron chi connectivity index (χ0n) is 20.2. The van der Waals surface area contributed by atoms with E-state index in [9.17, 15) is 18.8 Å². The summed E-state index contributed by atoms with van der Waals surface area (Å²) in [4.78, 5) is 39.8. The molecule has 1 aliphatic rings. The monoisotopic (exact) mass is 489 g/mol. The van der Waals surface area contributed by atoms with E-state index < -0.39 is 30.0 Å². The van der Waals surface area contributed by atoms with Gasteiger partial charge < -0.3 is 15.4 Å². The first-order valence-corrected chi connectivity index (χ1v) is 11.8. The van der Waals surface area contributed by atoms with E-state index in [0.717, 1.165) is 17.5 Å². The van der Waals surface area contributed by atoms with E-state index in [1.807, 2.05) is 38.1 Å². The van der Waals surface area contributed by atoms with Gasteiger partial charge in [-0.05, 0) is 48.7 Å². The third kappa shape index (κ3) is 5.54. The summed E-state index contributed by atoms with van der Waals surface area (Å²) in [5.41, 5.74) is 2.97. The number of aryl methyl sites for hydroxylation is 1. The first-order chi connectivity index (χ1) is 17.4. The van der Waals surface area contributed by atoms with Crippen molar-refractivity contribution in [2.24, 2.45) is 0 Å². The van der Waals surface area contributed by atoms with Gasteiger partial charge in [-0.1, -0.05) is 61.0 Å². The predicted octanol–water partition coefficient (Wildman–Crippen LogP) is 4.97. The Balaban J connectivity index is 1.54. The Labute approximate surface area is 209 Å². The van der Waals surface area contributed by atoms with E-state index in [4.69, 9.17) is 4.74 Å². The Kier molecular flexibility index (Phi) is 7.63. The Morgan fingerprint density at radius 3 is 2.36 bits per heavy atom. The molecular weight excluding hydrogens is 461 g/mol. The fourth-order valence-corrected chi connectivity index (χ4v) is 4.05. The van der Waals surface area contributed by atoms with Crippen LogP contribution in [0.5, 0.6) is 0 Å². The zero-order chi connectivity index (χ0) is 25.7. The van der Waals surface area contributed by atoms with E-state index in [0.29, 0.717) is 17.8 Å². The number of carbonyl (C=O) groups excluding carboxylic acids is 3. The number of carbonyl (C=O) groups is 3. The molecular formula is C28H28FN3O4. The summed E-state index contributed by atoms with van der Waals surface area (Å²) >= 11 is 0. The number of anilines is 1. The van der Waals surface area contributed by atoms with Crippen LogP contribution in [0, 0.1) is 12.7 Å². The minimum Gasteiger partial charge on any atom is -0.438 e. The topological polar surface area (TPSA) is 87.7 Å². The highest BCUT2D eigenvalue weighted by Crippen LogP contribution is 2.34. The molecule has 0 radical (unpaired) electrons. The summed E-state index contributed by atoms with van der Waals surface area (Å²) in [7, 11) is 0. The Hall–Kier alpha value is -4.20. The molecule has 1 heterocycles. The van der Waals surface area contributed by atoms with E-state index in [1.165, 1.54) is 23.1 Å². The lowest BCUT2D eigenvalue weighted by molar-refractivity contribution is -0.126. The maximum atomic E-state index is 13.9. The predicted molar refractivity (Wildman–Crippen MR) is 134 cm³/mol. The van der Waals surface area contributed by atoms with Crippen LogP contribution in [0.3, 0.4) is 0 Å². The number of hydrogen-bond donors (Lipinski definition) is 2. The van der Waals surface area contributed by atoms with E-state index in [1.54, 1.807) is 30.3 Å². The van der Waals surface area contributed by atoms with E-state index in [-0.39, 0.29) is 18.0 Å². The van der Waals surface area contributed by atoms with Crippen LogP contribution in [0.4, 0.5) is 14.9 Å². The van der Waals surface area contributed by atoms with Crippen molar-refractivity contribution < 1.29 is 23.5 Å². The molecule has 0 saturated carbocycles. The molecule has 36 heavy (non-hydrogen) atoms. The number of nitrogens with zero attached hydrogens (tertiary/aromatic N) is 1. The average molecular weight is 490 g/mol. The van der Waals surface area contributed by atoms with Crippen molar-refractivity contribution in [2.45, 2.75) is 39.0 Å². The van der Waals surface area contributed by atoms with Crippen LogP contribution >= 0.6 is 0 Å². The smallest absolute Gasteiger partial charge is 0.411 e. The Bertz CT molecular complexity index is 1240. The summed E-state index contributed by atoms with van der Waals surface area (Å²) in [6.07, 6.45) is -0.642. The van der Waals surface area contributed by atoms with Gasteiger partial charge in [-0.15, -0.1) is 0 Å². The van der Waals surface area contributed by atoms with Crippen molar-refractivity contribution >= 4 is 23.6 Å². The molecule has 1 fully saturated rings. The molecule has 8 heteroatoms. The first kappa shape index (κ1) is 24.9. The lowest BCUT2D eigenvalue weighted by Gasteiger charge is -2.24. The lowest BCUT2D eigenvalue weighted by atomic mass is 10.00. The lowest BCUT2D eigenvalue weighted by Crippen LogP contribution is -2.46. The van der Waals surface area contributed by atoms with Crippen LogP contribution in [-0.2, 0) is 16.1 Å².